The number of phenolic OH excluding ortho intramolecular Hbond substituents is 1. The predicted octanol–water partition coefficient (Wildman–Crippen LogP) is 1.74. The molecule has 2 aromatic rings. The number of benzene rings is 2. The summed E-state index contributed by atoms with van der Waals surface area (Å²) in [6.07, 6.45) is 0. The van der Waals surface area contributed by atoms with Crippen molar-refractivity contribution < 1.29 is 29.2 Å². The predicted molar refractivity (Wildman–Crippen MR) is 89.4 cm³/mol. The number of nitrogens with one attached hydrogen (secondary N) is 1. The molecule has 0 saturated heterocycles. The van der Waals surface area contributed by atoms with Gasteiger partial charge in [0.05, 0.1) is 45.1 Å². The van der Waals surface area contributed by atoms with E-state index in [9.17, 15) is 15.0 Å². The lowest BCUT2D eigenvalue weighted by Gasteiger charge is -2.20. The van der Waals surface area contributed by atoms with Gasteiger partial charge >= 0.3 is 0 Å². The van der Waals surface area contributed by atoms with E-state index in [0.717, 1.165) is 0 Å². The highest BCUT2D eigenvalue weighted by atomic mass is 16.5. The average molecular weight is 345 g/mol. The maximum absolute atomic E-state index is 12.6. The molecule has 0 fully saturated rings. The number of methoxy groups -OCH3 is 3. The van der Waals surface area contributed by atoms with Crippen molar-refractivity contribution in [1.29, 1.82) is 0 Å². The molecule has 25 heavy (non-hydrogen) atoms. The molecule has 0 saturated carbocycles. The van der Waals surface area contributed by atoms with Gasteiger partial charge in [-0.15, -0.1) is 0 Å². The number of fused-ring (bicyclic) bond motifs is 1. The van der Waals surface area contributed by atoms with E-state index in [4.69, 9.17) is 14.2 Å². The zero-order valence-corrected chi connectivity index (χ0v) is 14.1. The lowest BCUT2D eigenvalue weighted by atomic mass is 9.93. The van der Waals surface area contributed by atoms with Gasteiger partial charge in [0.1, 0.15) is 23.0 Å². The molecular formula is C18H19NO6. The Kier molecular flexibility index (Phi) is 4.41. The van der Waals surface area contributed by atoms with Crippen molar-refractivity contribution >= 4 is 5.91 Å². The second-order valence-corrected chi connectivity index (χ2v) is 5.52. The van der Waals surface area contributed by atoms with Crippen LogP contribution in [0.1, 0.15) is 33.1 Å². The first-order valence-corrected chi connectivity index (χ1v) is 7.62. The third kappa shape index (κ3) is 2.53. The fraction of sp³-hybridized carbons (Fsp3) is 0.278. The molecule has 1 aliphatic heterocycles. The summed E-state index contributed by atoms with van der Waals surface area (Å²) in [7, 11) is 4.45. The smallest absolute Gasteiger partial charge is 0.256 e. The van der Waals surface area contributed by atoms with Gasteiger partial charge in [-0.2, -0.15) is 0 Å². The number of carbonyl (C=O) groups is 1. The van der Waals surface area contributed by atoms with Gasteiger partial charge in [-0.05, 0) is 18.2 Å². The summed E-state index contributed by atoms with van der Waals surface area (Å²) >= 11 is 0. The molecule has 3 rings (SSSR count). The van der Waals surface area contributed by atoms with Gasteiger partial charge in [0.2, 0.25) is 0 Å². The van der Waals surface area contributed by atoms with Crippen LogP contribution in [-0.4, -0.2) is 37.4 Å². The molecule has 3 N–H and O–H groups in total. The van der Waals surface area contributed by atoms with Crippen LogP contribution in [0.15, 0.2) is 24.3 Å². The van der Waals surface area contributed by atoms with Crippen molar-refractivity contribution in [1.82, 2.24) is 5.32 Å². The molecule has 1 amide bonds. The Labute approximate surface area is 144 Å². The van der Waals surface area contributed by atoms with Crippen LogP contribution in [0.5, 0.6) is 23.0 Å². The number of hydrogen-bond donors (Lipinski definition) is 3. The first-order valence-electron chi connectivity index (χ1n) is 7.62. The molecule has 0 radical (unpaired) electrons. The highest BCUT2D eigenvalue weighted by Gasteiger charge is 2.39. The summed E-state index contributed by atoms with van der Waals surface area (Å²) in [5, 5.41) is 22.8. The van der Waals surface area contributed by atoms with Gasteiger partial charge in [0, 0.05) is 11.1 Å². The van der Waals surface area contributed by atoms with Crippen LogP contribution >= 0.6 is 0 Å². The highest BCUT2D eigenvalue weighted by molar-refractivity contribution is 6.04. The molecule has 132 valence electrons. The Hall–Kier alpha value is -2.93. The molecular weight excluding hydrogens is 326 g/mol. The largest absolute Gasteiger partial charge is 0.508 e. The maximum Gasteiger partial charge on any atom is 0.256 e. The Balaban J connectivity index is 2.28. The van der Waals surface area contributed by atoms with E-state index in [2.05, 4.69) is 5.32 Å². The van der Waals surface area contributed by atoms with Crippen LogP contribution in [0.2, 0.25) is 0 Å². The number of hydrogen-bond acceptors (Lipinski definition) is 6. The topological polar surface area (TPSA) is 97.3 Å². The van der Waals surface area contributed by atoms with E-state index in [-0.39, 0.29) is 23.7 Å². The normalized spacial score (nSPS) is 15.5. The highest BCUT2D eigenvalue weighted by Crippen LogP contribution is 2.47. The summed E-state index contributed by atoms with van der Waals surface area (Å²) in [5.41, 5.74) is 1.49. The van der Waals surface area contributed by atoms with E-state index in [0.29, 0.717) is 28.2 Å². The summed E-state index contributed by atoms with van der Waals surface area (Å²) in [6, 6.07) is 5.99. The number of aliphatic hydroxyl groups is 1. The molecule has 1 unspecified atom stereocenters. The summed E-state index contributed by atoms with van der Waals surface area (Å²) in [4.78, 5) is 12.6. The van der Waals surface area contributed by atoms with E-state index in [1.165, 1.54) is 27.4 Å². The summed E-state index contributed by atoms with van der Waals surface area (Å²) in [5.74, 6) is 0.750. The minimum Gasteiger partial charge on any atom is -0.508 e. The number of carbonyl (C=O) groups excluding carboxylic acids is 1. The van der Waals surface area contributed by atoms with Gasteiger partial charge in [0.25, 0.3) is 5.91 Å². The number of ether oxygens (including phenoxy) is 3. The molecule has 1 heterocycles. The molecule has 7 nitrogen and oxygen atoms in total. The molecule has 2 aromatic carbocycles. The van der Waals surface area contributed by atoms with Crippen molar-refractivity contribution in [3.05, 3.63) is 46.5 Å². The van der Waals surface area contributed by atoms with Crippen molar-refractivity contribution in [2.45, 2.75) is 12.6 Å². The average Bonchev–Trinajstić information content (AvgIpc) is 2.98. The van der Waals surface area contributed by atoms with Gasteiger partial charge in [-0.3, -0.25) is 4.79 Å². The van der Waals surface area contributed by atoms with Crippen LogP contribution in [0.25, 0.3) is 0 Å². The van der Waals surface area contributed by atoms with Crippen LogP contribution in [0.4, 0.5) is 0 Å². The Morgan fingerprint density at radius 3 is 2.24 bits per heavy atom. The molecule has 0 aromatic heterocycles. The minimum atomic E-state index is -0.671. The van der Waals surface area contributed by atoms with Gasteiger partial charge in [0.15, 0.2) is 0 Å². The van der Waals surface area contributed by atoms with Gasteiger partial charge in [-0.1, -0.05) is 6.07 Å². The lowest BCUT2D eigenvalue weighted by Crippen LogP contribution is -2.21. The van der Waals surface area contributed by atoms with Crippen molar-refractivity contribution in [2.75, 3.05) is 21.3 Å². The quantitative estimate of drug-likeness (QED) is 0.764. The second-order valence-electron chi connectivity index (χ2n) is 5.52. The monoisotopic (exact) mass is 345 g/mol. The van der Waals surface area contributed by atoms with Crippen molar-refractivity contribution in [2.24, 2.45) is 0 Å². The third-order valence-electron chi connectivity index (χ3n) is 4.30. The van der Waals surface area contributed by atoms with Gasteiger partial charge < -0.3 is 29.7 Å². The Morgan fingerprint density at radius 1 is 1.08 bits per heavy atom. The second kappa shape index (κ2) is 6.52. The Morgan fingerprint density at radius 2 is 1.72 bits per heavy atom. The molecule has 1 aliphatic rings. The Bertz CT molecular complexity index is 811. The third-order valence-corrected chi connectivity index (χ3v) is 4.30. The summed E-state index contributed by atoms with van der Waals surface area (Å²) in [6.45, 7) is -0.361. The van der Waals surface area contributed by atoms with E-state index in [1.54, 1.807) is 18.2 Å². The van der Waals surface area contributed by atoms with Crippen molar-refractivity contribution in [3.63, 3.8) is 0 Å². The first kappa shape index (κ1) is 16.9. The molecule has 0 bridgehead atoms. The standard InChI is InChI=1S/C18H19NO6/c1-23-11-5-4-6-12(24-2)14(11)16-13-10(21)7-9(8-20)17(25-3)15(13)18(22)19-16/h4-7,16,20-21H,8H2,1-3H3,(H,19,22). The van der Waals surface area contributed by atoms with Crippen LogP contribution < -0.4 is 19.5 Å². The lowest BCUT2D eigenvalue weighted by molar-refractivity contribution is 0.0957. The number of rotatable bonds is 5. The zero-order chi connectivity index (χ0) is 18.1. The van der Waals surface area contributed by atoms with E-state index >= 15 is 0 Å². The number of aliphatic hydroxyl groups excluding tert-OH is 1. The SMILES string of the molecule is COc1cccc(OC)c1C1NC(=O)c2c(OC)c(CO)cc(O)c21. The molecule has 7 heteroatoms. The summed E-state index contributed by atoms with van der Waals surface area (Å²) < 4.78 is 16.1. The zero-order valence-electron chi connectivity index (χ0n) is 14.1. The van der Waals surface area contributed by atoms with Crippen LogP contribution in [0, 0.1) is 0 Å². The fourth-order valence-corrected chi connectivity index (χ4v) is 3.24. The fourth-order valence-electron chi connectivity index (χ4n) is 3.24. The van der Waals surface area contributed by atoms with E-state index in [1.807, 2.05) is 0 Å². The van der Waals surface area contributed by atoms with Gasteiger partial charge in [-0.25, -0.2) is 0 Å². The number of amides is 1. The molecule has 0 aliphatic carbocycles. The first-order chi connectivity index (χ1) is 12.1. The van der Waals surface area contributed by atoms with Crippen LogP contribution in [-0.2, 0) is 6.61 Å². The van der Waals surface area contributed by atoms with Crippen LogP contribution in [0.3, 0.4) is 0 Å². The van der Waals surface area contributed by atoms with Crippen molar-refractivity contribution in [3.8, 4) is 23.0 Å². The maximum atomic E-state index is 12.6. The molecule has 0 spiro atoms. The van der Waals surface area contributed by atoms with E-state index < -0.39 is 11.9 Å². The number of phenols is 1. The molecule has 1 atom stereocenters. The minimum absolute atomic E-state index is 0.115. The number of aromatic hydroxyl groups is 1.